The van der Waals surface area contributed by atoms with E-state index in [0.717, 1.165) is 5.56 Å². The van der Waals surface area contributed by atoms with Gasteiger partial charge in [-0.05, 0) is 35.9 Å². The second kappa shape index (κ2) is 9.44. The van der Waals surface area contributed by atoms with Gasteiger partial charge in [0.25, 0.3) is 0 Å². The van der Waals surface area contributed by atoms with Crippen LogP contribution >= 0.6 is 23.2 Å². The number of ether oxygens (including phenoxy) is 2. The number of hydrogen-bond acceptors (Lipinski definition) is 4. The minimum atomic E-state index is -0.201. The van der Waals surface area contributed by atoms with Crippen LogP contribution in [0.3, 0.4) is 0 Å². The van der Waals surface area contributed by atoms with Crippen molar-refractivity contribution in [1.82, 2.24) is 4.98 Å². The van der Waals surface area contributed by atoms with Gasteiger partial charge in [-0.25, -0.2) is 0 Å². The maximum absolute atomic E-state index is 12.4. The molecule has 1 aromatic heterocycles. The average Bonchev–Trinajstić information content (AvgIpc) is 2.69. The van der Waals surface area contributed by atoms with Crippen LogP contribution in [0.2, 0.25) is 10.0 Å². The number of nitrogens with zero attached hydrogens (tertiary/aromatic N) is 1. The Labute approximate surface area is 173 Å². The van der Waals surface area contributed by atoms with Crippen LogP contribution in [0.4, 0.5) is 5.69 Å². The van der Waals surface area contributed by atoms with Gasteiger partial charge in [0.15, 0.2) is 11.5 Å². The molecule has 3 rings (SSSR count). The van der Waals surface area contributed by atoms with Gasteiger partial charge in [0.05, 0.1) is 13.5 Å². The lowest BCUT2D eigenvalue weighted by molar-refractivity contribution is -0.115. The molecule has 0 saturated carbocycles. The maximum atomic E-state index is 12.4. The lowest BCUT2D eigenvalue weighted by Crippen LogP contribution is -2.14. The van der Waals surface area contributed by atoms with Crippen molar-refractivity contribution in [3.05, 3.63) is 82.1 Å². The molecule has 144 valence electrons. The molecule has 0 aliphatic carbocycles. The first-order chi connectivity index (χ1) is 13.5. The van der Waals surface area contributed by atoms with Gasteiger partial charge >= 0.3 is 0 Å². The highest BCUT2D eigenvalue weighted by atomic mass is 35.5. The number of halogens is 2. The molecule has 0 aliphatic heterocycles. The summed E-state index contributed by atoms with van der Waals surface area (Å²) in [6.07, 6.45) is 3.56. The van der Waals surface area contributed by atoms with Crippen molar-refractivity contribution in [2.75, 3.05) is 12.4 Å². The first-order valence-electron chi connectivity index (χ1n) is 8.48. The van der Waals surface area contributed by atoms with Crippen molar-refractivity contribution in [2.45, 2.75) is 13.0 Å². The van der Waals surface area contributed by atoms with Crippen LogP contribution in [0.5, 0.6) is 11.5 Å². The summed E-state index contributed by atoms with van der Waals surface area (Å²) in [5.41, 5.74) is 2.22. The molecule has 0 atom stereocenters. The van der Waals surface area contributed by atoms with Gasteiger partial charge in [0, 0.05) is 39.8 Å². The predicted octanol–water partition coefficient (Wildman–Crippen LogP) is 5.16. The molecule has 0 bridgehead atoms. The molecule has 5 nitrogen and oxygen atoms in total. The number of anilines is 1. The zero-order valence-electron chi connectivity index (χ0n) is 15.1. The number of aromatic nitrogens is 1. The van der Waals surface area contributed by atoms with E-state index in [1.165, 1.54) is 0 Å². The standard InChI is InChI=1S/C21H18Cl2N2O3/c1-27-19-7-6-17(11-20(19)28-13-14-3-2-8-24-12-14)25-21(26)9-15-4-5-16(22)10-18(15)23/h2-8,10-12H,9,13H2,1H3,(H,25,26). The Morgan fingerprint density at radius 3 is 2.68 bits per heavy atom. The van der Waals surface area contributed by atoms with E-state index < -0.39 is 0 Å². The number of hydrogen-bond donors (Lipinski definition) is 1. The highest BCUT2D eigenvalue weighted by Crippen LogP contribution is 2.31. The normalized spacial score (nSPS) is 10.4. The van der Waals surface area contributed by atoms with Crippen LogP contribution in [0, 0.1) is 0 Å². The van der Waals surface area contributed by atoms with Crippen molar-refractivity contribution in [1.29, 1.82) is 0 Å². The van der Waals surface area contributed by atoms with E-state index >= 15 is 0 Å². The SMILES string of the molecule is COc1ccc(NC(=O)Cc2ccc(Cl)cc2Cl)cc1OCc1cccnc1. The Bertz CT molecular complexity index is 965. The predicted molar refractivity (Wildman–Crippen MR) is 110 cm³/mol. The second-order valence-corrected chi connectivity index (χ2v) is 6.82. The first kappa shape index (κ1) is 20.0. The van der Waals surface area contributed by atoms with Crippen LogP contribution in [0.1, 0.15) is 11.1 Å². The van der Waals surface area contributed by atoms with Crippen molar-refractivity contribution in [3.63, 3.8) is 0 Å². The highest BCUT2D eigenvalue weighted by Gasteiger charge is 2.11. The fourth-order valence-electron chi connectivity index (χ4n) is 2.56. The number of methoxy groups -OCH3 is 1. The molecule has 3 aromatic rings. The third-order valence-corrected chi connectivity index (χ3v) is 4.52. The van der Waals surface area contributed by atoms with Gasteiger partial charge < -0.3 is 14.8 Å². The molecule has 1 heterocycles. The Morgan fingerprint density at radius 1 is 1.11 bits per heavy atom. The molecule has 7 heteroatoms. The number of benzene rings is 2. The molecule has 0 unspecified atom stereocenters. The quantitative estimate of drug-likeness (QED) is 0.577. The smallest absolute Gasteiger partial charge is 0.228 e. The van der Waals surface area contributed by atoms with Crippen LogP contribution in [-0.2, 0) is 17.8 Å². The van der Waals surface area contributed by atoms with Crippen molar-refractivity contribution in [2.24, 2.45) is 0 Å². The molecule has 1 amide bonds. The summed E-state index contributed by atoms with van der Waals surface area (Å²) in [7, 11) is 1.56. The van der Waals surface area contributed by atoms with E-state index in [2.05, 4.69) is 10.3 Å². The minimum absolute atomic E-state index is 0.133. The molecule has 1 N–H and O–H groups in total. The molecule has 0 aliphatic rings. The summed E-state index contributed by atoms with van der Waals surface area (Å²) >= 11 is 12.0. The van der Waals surface area contributed by atoms with Crippen LogP contribution in [0.25, 0.3) is 0 Å². The summed E-state index contributed by atoms with van der Waals surface area (Å²) in [5.74, 6) is 0.893. The molecule has 2 aromatic carbocycles. The Morgan fingerprint density at radius 2 is 1.96 bits per heavy atom. The third-order valence-electron chi connectivity index (χ3n) is 3.93. The van der Waals surface area contributed by atoms with Gasteiger partial charge in [0.2, 0.25) is 5.91 Å². The lowest BCUT2D eigenvalue weighted by atomic mass is 10.1. The second-order valence-electron chi connectivity index (χ2n) is 5.98. The van der Waals surface area contributed by atoms with Gasteiger partial charge in [0.1, 0.15) is 6.61 Å². The number of pyridine rings is 1. The van der Waals surface area contributed by atoms with Gasteiger partial charge in [-0.3, -0.25) is 9.78 Å². The summed E-state index contributed by atoms with van der Waals surface area (Å²) in [5, 5.41) is 3.83. The Balaban J connectivity index is 1.68. The average molecular weight is 417 g/mol. The highest BCUT2D eigenvalue weighted by molar-refractivity contribution is 6.35. The summed E-state index contributed by atoms with van der Waals surface area (Å²) in [6, 6.07) is 14.0. The molecule has 0 spiro atoms. The fourth-order valence-corrected chi connectivity index (χ4v) is 3.03. The number of nitrogens with one attached hydrogen (secondary N) is 1. The summed E-state index contributed by atoms with van der Waals surface area (Å²) in [6.45, 7) is 0.335. The van der Waals surface area contributed by atoms with E-state index in [0.29, 0.717) is 39.4 Å². The summed E-state index contributed by atoms with van der Waals surface area (Å²) < 4.78 is 11.2. The minimum Gasteiger partial charge on any atom is -0.493 e. The van der Waals surface area contributed by atoms with E-state index in [1.807, 2.05) is 12.1 Å². The number of carbonyl (C=O) groups excluding carboxylic acids is 1. The molecular weight excluding hydrogens is 399 g/mol. The largest absolute Gasteiger partial charge is 0.493 e. The van der Waals surface area contributed by atoms with Crippen LogP contribution in [0.15, 0.2) is 60.9 Å². The van der Waals surface area contributed by atoms with E-state index in [1.54, 1.807) is 55.9 Å². The van der Waals surface area contributed by atoms with Crippen LogP contribution < -0.4 is 14.8 Å². The molecule has 0 radical (unpaired) electrons. The van der Waals surface area contributed by atoms with Gasteiger partial charge in [-0.15, -0.1) is 0 Å². The Hall–Kier alpha value is -2.76. The van der Waals surface area contributed by atoms with Crippen molar-refractivity contribution < 1.29 is 14.3 Å². The zero-order valence-corrected chi connectivity index (χ0v) is 16.6. The Kier molecular flexibility index (Phi) is 6.74. The van der Waals surface area contributed by atoms with Crippen molar-refractivity contribution >= 4 is 34.8 Å². The van der Waals surface area contributed by atoms with E-state index in [4.69, 9.17) is 32.7 Å². The number of amides is 1. The fraction of sp³-hybridized carbons (Fsp3) is 0.143. The van der Waals surface area contributed by atoms with Gasteiger partial charge in [-0.1, -0.05) is 35.3 Å². The monoisotopic (exact) mass is 416 g/mol. The van der Waals surface area contributed by atoms with Gasteiger partial charge in [-0.2, -0.15) is 0 Å². The first-order valence-corrected chi connectivity index (χ1v) is 9.24. The number of carbonyl (C=O) groups is 1. The summed E-state index contributed by atoms with van der Waals surface area (Å²) in [4.78, 5) is 16.4. The van der Waals surface area contributed by atoms with E-state index in [9.17, 15) is 4.79 Å². The molecule has 0 saturated heterocycles. The molecule has 0 fully saturated rings. The topological polar surface area (TPSA) is 60.5 Å². The zero-order chi connectivity index (χ0) is 19.9. The molecular formula is C21H18Cl2N2O3. The van der Waals surface area contributed by atoms with Crippen molar-refractivity contribution in [3.8, 4) is 11.5 Å². The van der Waals surface area contributed by atoms with E-state index in [-0.39, 0.29) is 12.3 Å². The maximum Gasteiger partial charge on any atom is 0.228 e. The third kappa shape index (κ3) is 5.38. The lowest BCUT2D eigenvalue weighted by Gasteiger charge is -2.13. The van der Waals surface area contributed by atoms with Crippen LogP contribution in [-0.4, -0.2) is 18.0 Å². The number of rotatable bonds is 7. The molecule has 28 heavy (non-hydrogen) atoms.